The molecule has 5 heteroatoms. The van der Waals surface area contributed by atoms with Gasteiger partial charge < -0.3 is 10.1 Å². The number of rotatable bonds is 7. The average molecular weight is 346 g/mol. The molecular formula is C19H20ClNO3. The van der Waals surface area contributed by atoms with Crippen molar-refractivity contribution >= 4 is 23.3 Å². The Morgan fingerprint density at radius 2 is 1.58 bits per heavy atom. The second kappa shape index (κ2) is 8.50. The zero-order valence-electron chi connectivity index (χ0n) is 13.7. The minimum absolute atomic E-state index is 0.0468. The van der Waals surface area contributed by atoms with Crippen molar-refractivity contribution in [3.05, 3.63) is 64.7 Å². The number of hydrogen-bond acceptors (Lipinski definition) is 3. The normalized spacial score (nSPS) is 11.6. The predicted octanol–water partition coefficient (Wildman–Crippen LogP) is 3.86. The van der Waals surface area contributed by atoms with Crippen LogP contribution in [0.2, 0.25) is 5.02 Å². The number of ether oxygens (including phenoxy) is 1. The molecule has 4 nitrogen and oxygen atoms in total. The Balaban J connectivity index is 1.94. The monoisotopic (exact) mass is 345 g/mol. The van der Waals surface area contributed by atoms with E-state index in [1.165, 1.54) is 0 Å². The summed E-state index contributed by atoms with van der Waals surface area (Å²) in [5, 5.41) is 3.42. The first-order valence-electron chi connectivity index (χ1n) is 7.82. The number of nitrogens with one attached hydrogen (secondary N) is 1. The van der Waals surface area contributed by atoms with Crippen LogP contribution in [0.25, 0.3) is 0 Å². The first kappa shape index (κ1) is 18.0. The smallest absolute Gasteiger partial charge is 0.258 e. The Morgan fingerprint density at radius 1 is 1.04 bits per heavy atom. The lowest BCUT2D eigenvalue weighted by atomic mass is 10.0. The molecule has 24 heavy (non-hydrogen) atoms. The Labute approximate surface area is 146 Å². The minimum Gasteiger partial charge on any atom is -0.484 e. The molecule has 1 amide bonds. The van der Waals surface area contributed by atoms with E-state index in [0.717, 1.165) is 6.42 Å². The highest BCUT2D eigenvalue weighted by molar-refractivity contribution is 6.30. The minimum atomic E-state index is -0.161. The molecule has 0 spiro atoms. The third-order valence-electron chi connectivity index (χ3n) is 3.61. The highest BCUT2D eigenvalue weighted by Gasteiger charge is 2.10. The molecule has 0 bridgehead atoms. The molecule has 0 aromatic heterocycles. The second-order valence-electron chi connectivity index (χ2n) is 5.53. The van der Waals surface area contributed by atoms with Crippen molar-refractivity contribution in [3.8, 4) is 5.75 Å². The summed E-state index contributed by atoms with van der Waals surface area (Å²) in [6.07, 6.45) is 0.868. The molecule has 0 heterocycles. The van der Waals surface area contributed by atoms with Crippen LogP contribution in [0, 0.1) is 0 Å². The van der Waals surface area contributed by atoms with Gasteiger partial charge in [-0.05, 0) is 61.9 Å². The Kier molecular flexibility index (Phi) is 6.38. The number of carbonyl (C=O) groups is 2. The highest BCUT2D eigenvalue weighted by Crippen LogP contribution is 2.17. The fourth-order valence-corrected chi connectivity index (χ4v) is 2.16. The first-order chi connectivity index (χ1) is 11.5. The standard InChI is InChI=1S/C19H20ClNO3/c1-3-13(2)21-18(22)12-24-17-10-6-15(7-11-17)19(23)14-4-8-16(20)9-5-14/h4-11,13H,3,12H2,1-2H3,(H,21,22)/t13-/m0/s1. The SMILES string of the molecule is CC[C@H](C)NC(=O)COc1ccc(C(=O)c2ccc(Cl)cc2)cc1. The zero-order chi connectivity index (χ0) is 17.5. The van der Waals surface area contributed by atoms with Crippen molar-refractivity contribution in [3.63, 3.8) is 0 Å². The number of benzene rings is 2. The summed E-state index contributed by atoms with van der Waals surface area (Å²) in [6.45, 7) is 3.89. The van der Waals surface area contributed by atoms with E-state index in [4.69, 9.17) is 16.3 Å². The van der Waals surface area contributed by atoms with Gasteiger partial charge in [0.1, 0.15) is 5.75 Å². The van der Waals surface area contributed by atoms with Gasteiger partial charge in [0, 0.05) is 22.2 Å². The summed E-state index contributed by atoms with van der Waals surface area (Å²) in [6, 6.07) is 13.6. The number of carbonyl (C=O) groups excluding carboxylic acids is 2. The predicted molar refractivity (Wildman–Crippen MR) is 94.7 cm³/mol. The van der Waals surface area contributed by atoms with Crippen molar-refractivity contribution < 1.29 is 14.3 Å². The highest BCUT2D eigenvalue weighted by atomic mass is 35.5. The van der Waals surface area contributed by atoms with Gasteiger partial charge in [0.25, 0.3) is 5.91 Å². The average Bonchev–Trinajstić information content (AvgIpc) is 2.60. The summed E-state index contributed by atoms with van der Waals surface area (Å²) >= 11 is 5.82. The van der Waals surface area contributed by atoms with E-state index in [1.807, 2.05) is 13.8 Å². The van der Waals surface area contributed by atoms with Crippen LogP contribution in [0.3, 0.4) is 0 Å². The summed E-state index contributed by atoms with van der Waals surface area (Å²) in [4.78, 5) is 24.0. The van der Waals surface area contributed by atoms with E-state index in [2.05, 4.69) is 5.32 Å². The molecule has 0 saturated carbocycles. The number of amides is 1. The first-order valence-corrected chi connectivity index (χ1v) is 8.20. The van der Waals surface area contributed by atoms with Crippen LogP contribution in [-0.2, 0) is 4.79 Å². The van der Waals surface area contributed by atoms with Gasteiger partial charge in [-0.2, -0.15) is 0 Å². The van der Waals surface area contributed by atoms with Crippen LogP contribution in [0.5, 0.6) is 5.75 Å². The molecular weight excluding hydrogens is 326 g/mol. The van der Waals surface area contributed by atoms with Crippen molar-refractivity contribution in [2.45, 2.75) is 26.3 Å². The molecule has 2 rings (SSSR count). The van der Waals surface area contributed by atoms with Crippen molar-refractivity contribution in [1.29, 1.82) is 0 Å². The van der Waals surface area contributed by atoms with Crippen molar-refractivity contribution in [2.75, 3.05) is 6.61 Å². The number of hydrogen-bond donors (Lipinski definition) is 1. The van der Waals surface area contributed by atoms with Crippen molar-refractivity contribution in [2.24, 2.45) is 0 Å². The third-order valence-corrected chi connectivity index (χ3v) is 3.86. The fraction of sp³-hybridized carbons (Fsp3) is 0.263. The molecule has 0 radical (unpaired) electrons. The quantitative estimate of drug-likeness (QED) is 0.775. The molecule has 0 aliphatic rings. The van der Waals surface area contributed by atoms with Crippen LogP contribution in [-0.4, -0.2) is 24.3 Å². The van der Waals surface area contributed by atoms with Gasteiger partial charge in [-0.3, -0.25) is 9.59 Å². The molecule has 126 valence electrons. The molecule has 0 unspecified atom stereocenters. The number of ketones is 1. The summed E-state index contributed by atoms with van der Waals surface area (Å²) in [5.41, 5.74) is 1.12. The van der Waals surface area contributed by atoms with Crippen LogP contribution >= 0.6 is 11.6 Å². The van der Waals surface area contributed by atoms with Crippen LogP contribution in [0.4, 0.5) is 0 Å². The second-order valence-corrected chi connectivity index (χ2v) is 5.96. The van der Waals surface area contributed by atoms with E-state index >= 15 is 0 Å². The summed E-state index contributed by atoms with van der Waals surface area (Å²) in [5.74, 6) is 0.292. The Hall–Kier alpha value is -2.33. The molecule has 1 N–H and O–H groups in total. The molecule has 2 aromatic carbocycles. The van der Waals surface area contributed by atoms with Crippen molar-refractivity contribution in [1.82, 2.24) is 5.32 Å². The molecule has 1 atom stereocenters. The Morgan fingerprint density at radius 3 is 2.12 bits per heavy atom. The van der Waals surface area contributed by atoms with Gasteiger partial charge in [-0.25, -0.2) is 0 Å². The van der Waals surface area contributed by atoms with E-state index < -0.39 is 0 Å². The van der Waals surface area contributed by atoms with Gasteiger partial charge in [0.15, 0.2) is 12.4 Å². The molecule has 2 aromatic rings. The Bertz CT molecular complexity index is 696. The lowest BCUT2D eigenvalue weighted by Gasteiger charge is -2.12. The van der Waals surface area contributed by atoms with Gasteiger partial charge in [-0.15, -0.1) is 0 Å². The molecule has 0 aliphatic carbocycles. The fourth-order valence-electron chi connectivity index (χ4n) is 2.04. The van der Waals surface area contributed by atoms with E-state index in [1.54, 1.807) is 48.5 Å². The summed E-state index contributed by atoms with van der Waals surface area (Å²) < 4.78 is 5.43. The van der Waals surface area contributed by atoms with E-state index in [9.17, 15) is 9.59 Å². The van der Waals surface area contributed by atoms with E-state index in [-0.39, 0.29) is 24.3 Å². The molecule has 0 aliphatic heterocycles. The van der Waals surface area contributed by atoms with Gasteiger partial charge >= 0.3 is 0 Å². The van der Waals surface area contributed by atoms with Crippen LogP contribution in [0.1, 0.15) is 36.2 Å². The molecule has 0 saturated heterocycles. The lowest BCUT2D eigenvalue weighted by molar-refractivity contribution is -0.123. The van der Waals surface area contributed by atoms with Crippen LogP contribution in [0.15, 0.2) is 48.5 Å². The maximum Gasteiger partial charge on any atom is 0.258 e. The maximum absolute atomic E-state index is 12.3. The van der Waals surface area contributed by atoms with Gasteiger partial charge in [0.05, 0.1) is 0 Å². The van der Waals surface area contributed by atoms with E-state index in [0.29, 0.717) is 21.9 Å². The molecule has 0 fully saturated rings. The zero-order valence-corrected chi connectivity index (χ0v) is 14.5. The third kappa shape index (κ3) is 5.10. The number of halogens is 1. The van der Waals surface area contributed by atoms with Gasteiger partial charge in [0.2, 0.25) is 0 Å². The largest absolute Gasteiger partial charge is 0.484 e. The summed E-state index contributed by atoms with van der Waals surface area (Å²) in [7, 11) is 0. The lowest BCUT2D eigenvalue weighted by Crippen LogP contribution is -2.35. The van der Waals surface area contributed by atoms with Gasteiger partial charge in [-0.1, -0.05) is 18.5 Å². The topological polar surface area (TPSA) is 55.4 Å². The maximum atomic E-state index is 12.3. The van der Waals surface area contributed by atoms with Crippen LogP contribution < -0.4 is 10.1 Å².